The Morgan fingerprint density at radius 3 is 2.65 bits per heavy atom. The fourth-order valence-corrected chi connectivity index (χ4v) is 3.03. The van der Waals surface area contributed by atoms with E-state index in [1.807, 2.05) is 16.9 Å². The first kappa shape index (κ1) is 13.4. The largest absolute Gasteiger partial charge is 0.313 e. The zero-order valence-corrected chi connectivity index (χ0v) is 12.0. The second-order valence-electron chi connectivity index (χ2n) is 5.73. The van der Waals surface area contributed by atoms with Crippen molar-refractivity contribution in [2.45, 2.75) is 38.6 Å². The predicted octanol–water partition coefficient (Wildman–Crippen LogP) is 3.54. The average Bonchev–Trinajstić information content (AvgIpc) is 3.17. The maximum absolute atomic E-state index is 4.24. The lowest BCUT2D eigenvalue weighted by atomic mass is 10.0. The number of benzene rings is 1. The molecule has 1 aromatic heterocycles. The van der Waals surface area contributed by atoms with Crippen LogP contribution in [0, 0.1) is 5.92 Å². The molecule has 2 aromatic rings. The van der Waals surface area contributed by atoms with Crippen LogP contribution >= 0.6 is 0 Å². The molecule has 0 spiro atoms. The number of rotatable bonds is 6. The molecule has 3 heteroatoms. The molecule has 106 valence electrons. The molecule has 1 aliphatic rings. The van der Waals surface area contributed by atoms with E-state index in [0.717, 1.165) is 24.7 Å². The molecule has 0 radical (unpaired) electrons. The van der Waals surface area contributed by atoms with E-state index in [4.69, 9.17) is 0 Å². The average molecular weight is 269 g/mol. The number of hydrogen-bond acceptors (Lipinski definition) is 2. The molecule has 0 unspecified atom stereocenters. The van der Waals surface area contributed by atoms with Crippen LogP contribution < -0.4 is 5.32 Å². The van der Waals surface area contributed by atoms with Crippen molar-refractivity contribution in [3.05, 3.63) is 48.3 Å². The molecule has 3 nitrogen and oxygen atoms in total. The van der Waals surface area contributed by atoms with Gasteiger partial charge in [-0.15, -0.1) is 0 Å². The third kappa shape index (κ3) is 3.48. The van der Waals surface area contributed by atoms with Crippen molar-refractivity contribution in [3.63, 3.8) is 0 Å². The highest BCUT2D eigenvalue weighted by Crippen LogP contribution is 2.26. The summed E-state index contributed by atoms with van der Waals surface area (Å²) in [7, 11) is 0. The number of nitrogens with zero attached hydrogens (tertiary/aromatic N) is 2. The van der Waals surface area contributed by atoms with Gasteiger partial charge in [-0.2, -0.15) is 5.10 Å². The maximum atomic E-state index is 4.24. The van der Waals surface area contributed by atoms with Crippen LogP contribution in [0.15, 0.2) is 42.7 Å². The van der Waals surface area contributed by atoms with Gasteiger partial charge in [-0.1, -0.05) is 37.8 Å². The second kappa shape index (κ2) is 6.71. The lowest BCUT2D eigenvalue weighted by molar-refractivity contribution is 0.477. The van der Waals surface area contributed by atoms with E-state index in [9.17, 15) is 0 Å². The van der Waals surface area contributed by atoms with Gasteiger partial charge >= 0.3 is 0 Å². The molecule has 0 bridgehead atoms. The highest BCUT2D eigenvalue weighted by Gasteiger charge is 2.13. The molecule has 0 amide bonds. The van der Waals surface area contributed by atoms with Crippen LogP contribution in [0.1, 0.15) is 37.7 Å². The highest BCUT2D eigenvalue weighted by molar-refractivity contribution is 5.33. The summed E-state index contributed by atoms with van der Waals surface area (Å²) in [4.78, 5) is 0. The van der Waals surface area contributed by atoms with Gasteiger partial charge in [0.2, 0.25) is 0 Å². The summed E-state index contributed by atoms with van der Waals surface area (Å²) in [5.74, 6) is 0.977. The minimum atomic E-state index is 0.964. The number of hydrogen-bond donors (Lipinski definition) is 1. The summed E-state index contributed by atoms with van der Waals surface area (Å²) >= 11 is 0. The van der Waals surface area contributed by atoms with Gasteiger partial charge < -0.3 is 5.32 Å². The van der Waals surface area contributed by atoms with Crippen LogP contribution in [0.4, 0.5) is 0 Å². The lowest BCUT2D eigenvalue weighted by Crippen LogP contribution is -2.17. The minimum Gasteiger partial charge on any atom is -0.313 e. The molecule has 0 saturated heterocycles. The second-order valence-corrected chi connectivity index (χ2v) is 5.73. The zero-order valence-electron chi connectivity index (χ0n) is 12.0. The van der Waals surface area contributed by atoms with Gasteiger partial charge in [-0.3, -0.25) is 0 Å². The van der Waals surface area contributed by atoms with Crippen molar-refractivity contribution in [1.29, 1.82) is 0 Å². The first-order valence-corrected chi connectivity index (χ1v) is 7.71. The van der Waals surface area contributed by atoms with Crippen LogP contribution in [0.25, 0.3) is 5.69 Å². The minimum absolute atomic E-state index is 0.964. The summed E-state index contributed by atoms with van der Waals surface area (Å²) in [5.41, 5.74) is 2.46. The molecule has 1 N–H and O–H groups in total. The Kier molecular flexibility index (Phi) is 4.49. The van der Waals surface area contributed by atoms with Crippen molar-refractivity contribution >= 4 is 0 Å². The third-order valence-electron chi connectivity index (χ3n) is 4.24. The van der Waals surface area contributed by atoms with Gasteiger partial charge in [0.15, 0.2) is 0 Å². The Morgan fingerprint density at radius 1 is 1.15 bits per heavy atom. The molecular formula is C17H23N3. The Labute approximate surface area is 121 Å². The summed E-state index contributed by atoms with van der Waals surface area (Å²) in [6, 6.07) is 10.6. The molecule has 3 rings (SSSR count). The molecule has 0 aliphatic heterocycles. The first-order chi connectivity index (χ1) is 9.92. The van der Waals surface area contributed by atoms with Crippen LogP contribution in [0.5, 0.6) is 0 Å². The molecule has 1 heterocycles. The normalized spacial score (nSPS) is 15.8. The van der Waals surface area contributed by atoms with E-state index in [2.05, 4.69) is 34.7 Å². The topological polar surface area (TPSA) is 29.9 Å². The standard InChI is InChI=1S/C17H23N3/c1-2-5-15(4-1)10-12-18-14-16-6-8-17(9-7-16)20-13-3-11-19-20/h3,6-9,11,13,15,18H,1-2,4-5,10,12,14H2. The monoisotopic (exact) mass is 269 g/mol. The van der Waals surface area contributed by atoms with Crippen LogP contribution in [-0.4, -0.2) is 16.3 Å². The summed E-state index contributed by atoms with van der Waals surface area (Å²) < 4.78 is 1.89. The number of aromatic nitrogens is 2. The fourth-order valence-electron chi connectivity index (χ4n) is 3.03. The quantitative estimate of drug-likeness (QED) is 0.813. The Hall–Kier alpha value is -1.61. The molecule has 1 aliphatic carbocycles. The van der Waals surface area contributed by atoms with Gasteiger partial charge in [0.05, 0.1) is 5.69 Å². The van der Waals surface area contributed by atoms with Gasteiger partial charge in [-0.05, 0) is 42.6 Å². The highest BCUT2D eigenvalue weighted by atomic mass is 15.3. The van der Waals surface area contributed by atoms with E-state index in [1.165, 1.54) is 37.7 Å². The molecule has 1 aromatic carbocycles. The fraction of sp³-hybridized carbons (Fsp3) is 0.471. The van der Waals surface area contributed by atoms with Crippen molar-refractivity contribution < 1.29 is 0 Å². The van der Waals surface area contributed by atoms with Crippen molar-refractivity contribution in [1.82, 2.24) is 15.1 Å². The molecule has 0 atom stereocenters. The van der Waals surface area contributed by atoms with Crippen LogP contribution in [0.3, 0.4) is 0 Å². The van der Waals surface area contributed by atoms with Crippen molar-refractivity contribution in [2.24, 2.45) is 5.92 Å². The van der Waals surface area contributed by atoms with E-state index < -0.39 is 0 Å². The zero-order chi connectivity index (χ0) is 13.6. The molecule has 1 saturated carbocycles. The van der Waals surface area contributed by atoms with E-state index in [-0.39, 0.29) is 0 Å². The smallest absolute Gasteiger partial charge is 0.0645 e. The summed E-state index contributed by atoms with van der Waals surface area (Å²) in [6.07, 6.45) is 10.9. The lowest BCUT2D eigenvalue weighted by Gasteiger charge is -2.10. The maximum Gasteiger partial charge on any atom is 0.0645 e. The van der Waals surface area contributed by atoms with Crippen LogP contribution in [-0.2, 0) is 6.54 Å². The van der Waals surface area contributed by atoms with E-state index >= 15 is 0 Å². The van der Waals surface area contributed by atoms with Gasteiger partial charge in [0, 0.05) is 18.9 Å². The Morgan fingerprint density at radius 2 is 1.95 bits per heavy atom. The molecule has 20 heavy (non-hydrogen) atoms. The molecular weight excluding hydrogens is 246 g/mol. The van der Waals surface area contributed by atoms with E-state index in [1.54, 1.807) is 6.20 Å². The van der Waals surface area contributed by atoms with Gasteiger partial charge in [0.25, 0.3) is 0 Å². The van der Waals surface area contributed by atoms with Crippen molar-refractivity contribution in [3.8, 4) is 5.69 Å². The summed E-state index contributed by atoms with van der Waals surface area (Å²) in [5, 5.41) is 7.80. The third-order valence-corrected chi connectivity index (χ3v) is 4.24. The van der Waals surface area contributed by atoms with Crippen molar-refractivity contribution in [2.75, 3.05) is 6.54 Å². The van der Waals surface area contributed by atoms with Gasteiger partial charge in [0.1, 0.15) is 0 Å². The molecule has 1 fully saturated rings. The van der Waals surface area contributed by atoms with Crippen LogP contribution in [0.2, 0.25) is 0 Å². The van der Waals surface area contributed by atoms with Gasteiger partial charge in [-0.25, -0.2) is 4.68 Å². The predicted molar refractivity (Wildman–Crippen MR) is 81.8 cm³/mol. The Balaban J connectivity index is 1.43. The van der Waals surface area contributed by atoms with E-state index in [0.29, 0.717) is 0 Å². The Bertz CT molecular complexity index is 496. The first-order valence-electron chi connectivity index (χ1n) is 7.71. The SMILES string of the molecule is c1cnn(-c2ccc(CNCCC3CCCC3)cc2)c1. The summed E-state index contributed by atoms with van der Waals surface area (Å²) in [6.45, 7) is 2.11. The number of nitrogens with one attached hydrogen (secondary N) is 1.